The molecule has 0 aromatic heterocycles. The van der Waals surface area contributed by atoms with Gasteiger partial charge in [-0.25, -0.2) is 4.39 Å². The monoisotopic (exact) mass is 449 g/mol. The van der Waals surface area contributed by atoms with Gasteiger partial charge >= 0.3 is 5.97 Å². The van der Waals surface area contributed by atoms with E-state index in [9.17, 15) is 14.0 Å². The highest BCUT2D eigenvalue weighted by atomic mass is 19.1. The molecule has 4 rings (SSSR count). The quantitative estimate of drug-likeness (QED) is 0.577. The topological polar surface area (TPSA) is 65.0 Å². The fourth-order valence-corrected chi connectivity index (χ4v) is 4.81. The van der Waals surface area contributed by atoms with Crippen LogP contribution in [0.4, 0.5) is 4.39 Å². The zero-order chi connectivity index (χ0) is 23.7. The average molecular weight is 450 g/mol. The Morgan fingerprint density at radius 3 is 2.27 bits per heavy atom. The van der Waals surface area contributed by atoms with Gasteiger partial charge in [-0.1, -0.05) is 24.3 Å². The molecule has 0 amide bonds. The number of esters is 1. The molecule has 1 unspecified atom stereocenters. The zero-order valence-electron chi connectivity index (χ0n) is 19.3. The lowest BCUT2D eigenvalue weighted by Crippen LogP contribution is -2.38. The molecule has 3 atom stereocenters. The van der Waals surface area contributed by atoms with Crippen molar-refractivity contribution in [2.75, 3.05) is 7.11 Å². The first-order valence-corrected chi connectivity index (χ1v) is 11.2. The summed E-state index contributed by atoms with van der Waals surface area (Å²) in [7, 11) is 1.62. The Morgan fingerprint density at radius 1 is 1.03 bits per heavy atom. The van der Waals surface area contributed by atoms with Gasteiger partial charge in [-0.15, -0.1) is 0 Å². The molecule has 0 bridgehead atoms. The van der Waals surface area contributed by atoms with Crippen LogP contribution in [0.25, 0.3) is 0 Å². The van der Waals surface area contributed by atoms with Crippen LogP contribution in [0.2, 0.25) is 0 Å². The molecule has 0 fully saturated rings. The fraction of sp³-hybridized carbons (Fsp3) is 0.370. The van der Waals surface area contributed by atoms with Crippen molar-refractivity contribution < 1.29 is 23.5 Å². The Balaban J connectivity index is 1.76. The number of nitrogens with zero attached hydrogens (tertiary/aromatic N) is 1. The van der Waals surface area contributed by atoms with Gasteiger partial charge in [0.2, 0.25) is 0 Å². The third-order valence-corrected chi connectivity index (χ3v) is 6.31. The van der Waals surface area contributed by atoms with Gasteiger partial charge in [-0.05, 0) is 68.5 Å². The summed E-state index contributed by atoms with van der Waals surface area (Å²) >= 11 is 0. The Morgan fingerprint density at radius 2 is 1.67 bits per heavy atom. The van der Waals surface area contributed by atoms with Crippen molar-refractivity contribution in [2.24, 2.45) is 10.9 Å². The molecular weight excluding hydrogens is 421 g/mol. The molecule has 0 saturated heterocycles. The Bertz CT molecular complexity index is 1120. The van der Waals surface area contributed by atoms with Crippen molar-refractivity contribution in [3.63, 3.8) is 0 Å². The summed E-state index contributed by atoms with van der Waals surface area (Å²) in [5, 5.41) is 0. The zero-order valence-corrected chi connectivity index (χ0v) is 19.3. The predicted octanol–water partition coefficient (Wildman–Crippen LogP) is 5.36. The van der Waals surface area contributed by atoms with Crippen molar-refractivity contribution in [1.29, 1.82) is 0 Å². The van der Waals surface area contributed by atoms with E-state index in [1.54, 1.807) is 40.0 Å². The maximum Gasteiger partial charge on any atom is 0.315 e. The molecule has 1 aliphatic carbocycles. The van der Waals surface area contributed by atoms with E-state index in [1.165, 1.54) is 12.1 Å². The fourth-order valence-electron chi connectivity index (χ4n) is 4.81. The number of Topliss-reactive ketones (excluding diaryl/α,β-unsaturated/α-hetero) is 1. The van der Waals surface area contributed by atoms with Crippen LogP contribution in [-0.2, 0) is 14.3 Å². The maximum absolute atomic E-state index is 13.7. The number of aliphatic imine (C=N–C) groups is 1. The summed E-state index contributed by atoms with van der Waals surface area (Å²) in [4.78, 5) is 31.3. The van der Waals surface area contributed by atoms with E-state index in [4.69, 9.17) is 14.5 Å². The molecule has 33 heavy (non-hydrogen) atoms. The third kappa shape index (κ3) is 4.61. The predicted molar refractivity (Wildman–Crippen MR) is 124 cm³/mol. The van der Waals surface area contributed by atoms with Gasteiger partial charge < -0.3 is 9.47 Å². The van der Waals surface area contributed by atoms with Crippen LogP contribution in [0.5, 0.6) is 5.75 Å². The minimum Gasteiger partial charge on any atom is -0.497 e. The molecule has 2 aromatic rings. The van der Waals surface area contributed by atoms with E-state index < -0.39 is 17.8 Å². The van der Waals surface area contributed by atoms with Gasteiger partial charge in [0.25, 0.3) is 0 Å². The number of hydrogen-bond donors (Lipinski definition) is 0. The summed E-state index contributed by atoms with van der Waals surface area (Å²) in [6.07, 6.45) is 0.619. The smallest absolute Gasteiger partial charge is 0.315 e. The standard InChI is InChI=1S/C27H28FNO4/c1-15(2)33-27(31)24-16(3)29-22-13-19(17-7-11-21(32-4)12-8-17)14-23(30)26(22)25(24)18-5-9-20(28)10-6-18/h5-12,15,19,24-25H,13-14H2,1-4H3/t19-,24?,25+/m1/s1. The number of rotatable bonds is 5. The van der Waals surface area contributed by atoms with Crippen LogP contribution in [0, 0.1) is 11.7 Å². The summed E-state index contributed by atoms with van der Waals surface area (Å²) in [6, 6.07) is 13.7. The first-order chi connectivity index (χ1) is 15.8. The normalized spacial score (nSPS) is 22.7. The lowest BCUT2D eigenvalue weighted by Gasteiger charge is -2.36. The van der Waals surface area contributed by atoms with Gasteiger partial charge in [-0.3, -0.25) is 14.6 Å². The lowest BCUT2D eigenvalue weighted by atomic mass is 9.69. The second-order valence-corrected chi connectivity index (χ2v) is 8.91. The molecule has 0 saturated carbocycles. The third-order valence-electron chi connectivity index (χ3n) is 6.31. The van der Waals surface area contributed by atoms with Crippen molar-refractivity contribution in [2.45, 2.75) is 51.6 Å². The SMILES string of the molecule is COc1ccc([C@H]2CC(=O)C3=C(C2)N=C(C)C(C(=O)OC(C)C)[C@@H]3c2ccc(F)cc2)cc1. The van der Waals surface area contributed by atoms with Crippen LogP contribution >= 0.6 is 0 Å². The minimum absolute atomic E-state index is 0.00765. The Kier molecular flexibility index (Phi) is 6.45. The van der Waals surface area contributed by atoms with Crippen LogP contribution in [0.15, 0.2) is 64.8 Å². The Labute approximate surface area is 193 Å². The largest absolute Gasteiger partial charge is 0.497 e. The first kappa shape index (κ1) is 22.9. The van der Waals surface area contributed by atoms with Gasteiger partial charge in [0.15, 0.2) is 5.78 Å². The highest BCUT2D eigenvalue weighted by Gasteiger charge is 2.44. The number of benzene rings is 2. The second-order valence-electron chi connectivity index (χ2n) is 8.91. The van der Waals surface area contributed by atoms with Crippen LogP contribution in [0.3, 0.4) is 0 Å². The number of allylic oxidation sites excluding steroid dienone is 2. The summed E-state index contributed by atoms with van der Waals surface area (Å²) in [5.41, 5.74) is 3.61. The highest BCUT2D eigenvalue weighted by molar-refractivity contribution is 6.09. The number of ether oxygens (including phenoxy) is 2. The highest BCUT2D eigenvalue weighted by Crippen LogP contribution is 2.47. The van der Waals surface area contributed by atoms with Gasteiger partial charge in [0.1, 0.15) is 17.5 Å². The molecule has 1 heterocycles. The number of ketones is 1. The number of carbonyl (C=O) groups is 2. The Hall–Kier alpha value is -3.28. The summed E-state index contributed by atoms with van der Waals surface area (Å²) < 4.78 is 24.4. The summed E-state index contributed by atoms with van der Waals surface area (Å²) in [5.74, 6) is -1.35. The van der Waals surface area contributed by atoms with Crippen molar-refractivity contribution in [1.82, 2.24) is 0 Å². The number of hydrogen-bond acceptors (Lipinski definition) is 5. The minimum atomic E-state index is -0.724. The van der Waals surface area contributed by atoms with Crippen LogP contribution in [-0.4, -0.2) is 30.7 Å². The lowest BCUT2D eigenvalue weighted by molar-refractivity contribution is -0.150. The summed E-state index contributed by atoms with van der Waals surface area (Å²) in [6.45, 7) is 5.38. The van der Waals surface area contributed by atoms with Crippen molar-refractivity contribution >= 4 is 17.5 Å². The molecule has 2 aliphatic rings. The van der Waals surface area contributed by atoms with Crippen LogP contribution < -0.4 is 4.74 Å². The maximum atomic E-state index is 13.7. The molecule has 5 nitrogen and oxygen atoms in total. The number of halogens is 1. The van der Waals surface area contributed by atoms with Gasteiger partial charge in [0, 0.05) is 29.3 Å². The molecule has 0 spiro atoms. The van der Waals surface area contributed by atoms with E-state index in [0.717, 1.165) is 11.3 Å². The van der Waals surface area contributed by atoms with E-state index >= 15 is 0 Å². The average Bonchev–Trinajstić information content (AvgIpc) is 2.78. The van der Waals surface area contributed by atoms with Gasteiger partial charge in [0.05, 0.1) is 13.2 Å². The van der Waals surface area contributed by atoms with E-state index in [1.807, 2.05) is 24.3 Å². The molecule has 1 aliphatic heterocycles. The van der Waals surface area contributed by atoms with Crippen LogP contribution in [0.1, 0.15) is 56.6 Å². The molecular formula is C27H28FNO4. The van der Waals surface area contributed by atoms with E-state index in [2.05, 4.69) is 0 Å². The molecule has 6 heteroatoms. The van der Waals surface area contributed by atoms with Gasteiger partial charge in [-0.2, -0.15) is 0 Å². The number of methoxy groups -OCH3 is 1. The molecule has 2 aromatic carbocycles. The molecule has 172 valence electrons. The van der Waals surface area contributed by atoms with Crippen molar-refractivity contribution in [3.8, 4) is 5.75 Å². The second kappa shape index (κ2) is 9.30. The first-order valence-electron chi connectivity index (χ1n) is 11.2. The van der Waals surface area contributed by atoms with E-state index in [0.29, 0.717) is 35.4 Å². The van der Waals surface area contributed by atoms with Crippen molar-refractivity contribution in [3.05, 3.63) is 76.7 Å². The molecule has 0 radical (unpaired) electrons. The molecule has 0 N–H and O–H groups in total. The van der Waals surface area contributed by atoms with E-state index in [-0.39, 0.29) is 23.6 Å². The number of carbonyl (C=O) groups excluding carboxylic acids is 2.